The molecule has 196 valence electrons. The SMILES string of the molecule is CC1(C)c2ccccc2-c2ccc3c(oc4ccc(N(c5ccccc5)c5ccc(-c6ccccc6)cc5)cc43)c21. The molecule has 1 aliphatic carbocycles. The van der Waals surface area contributed by atoms with Crippen molar-refractivity contribution in [2.45, 2.75) is 19.3 Å². The molecule has 2 heteroatoms. The van der Waals surface area contributed by atoms with E-state index in [4.69, 9.17) is 4.42 Å². The molecule has 0 saturated carbocycles. The normalized spacial score (nSPS) is 13.3. The molecule has 7 aromatic rings. The van der Waals surface area contributed by atoms with Gasteiger partial charge in [0.2, 0.25) is 0 Å². The Morgan fingerprint density at radius 2 is 1.15 bits per heavy atom. The molecular weight excluding hydrogens is 498 g/mol. The minimum atomic E-state index is -0.126. The van der Waals surface area contributed by atoms with Gasteiger partial charge in [-0.15, -0.1) is 0 Å². The van der Waals surface area contributed by atoms with Gasteiger partial charge in [-0.1, -0.05) is 105 Å². The van der Waals surface area contributed by atoms with Crippen LogP contribution in [0.2, 0.25) is 0 Å². The first-order valence-electron chi connectivity index (χ1n) is 14.2. The number of fused-ring (bicyclic) bond motifs is 7. The average molecular weight is 528 g/mol. The van der Waals surface area contributed by atoms with Crippen LogP contribution in [0.3, 0.4) is 0 Å². The molecule has 1 aliphatic rings. The maximum absolute atomic E-state index is 6.65. The van der Waals surface area contributed by atoms with E-state index in [0.29, 0.717) is 0 Å². The number of nitrogens with zero attached hydrogens (tertiary/aromatic N) is 1. The first-order chi connectivity index (χ1) is 20.1. The van der Waals surface area contributed by atoms with Gasteiger partial charge in [0.15, 0.2) is 0 Å². The Morgan fingerprint density at radius 3 is 1.93 bits per heavy atom. The quantitative estimate of drug-likeness (QED) is 0.226. The Hall–Kier alpha value is -5.08. The molecule has 1 heterocycles. The Kier molecular flexibility index (Phi) is 5.20. The molecule has 8 rings (SSSR count). The van der Waals surface area contributed by atoms with Crippen molar-refractivity contribution >= 4 is 39.0 Å². The summed E-state index contributed by atoms with van der Waals surface area (Å²) >= 11 is 0. The van der Waals surface area contributed by atoms with Gasteiger partial charge in [0.25, 0.3) is 0 Å². The number of rotatable bonds is 4. The highest BCUT2D eigenvalue weighted by Gasteiger charge is 2.38. The Morgan fingerprint density at radius 1 is 0.512 bits per heavy atom. The van der Waals surface area contributed by atoms with Crippen LogP contribution in [-0.4, -0.2) is 0 Å². The summed E-state index contributed by atoms with van der Waals surface area (Å²) in [6, 6.07) is 49.8. The van der Waals surface area contributed by atoms with E-state index in [9.17, 15) is 0 Å². The maximum atomic E-state index is 6.65. The smallest absolute Gasteiger partial charge is 0.140 e. The van der Waals surface area contributed by atoms with E-state index in [2.05, 4.69) is 158 Å². The van der Waals surface area contributed by atoms with E-state index in [1.165, 1.54) is 33.4 Å². The molecule has 1 aromatic heterocycles. The van der Waals surface area contributed by atoms with Crippen LogP contribution in [0.25, 0.3) is 44.2 Å². The lowest BCUT2D eigenvalue weighted by Gasteiger charge is -2.25. The number of hydrogen-bond acceptors (Lipinski definition) is 2. The van der Waals surface area contributed by atoms with Crippen LogP contribution in [0.4, 0.5) is 17.1 Å². The van der Waals surface area contributed by atoms with Crippen LogP contribution in [-0.2, 0) is 5.41 Å². The molecule has 41 heavy (non-hydrogen) atoms. The second-order valence-corrected chi connectivity index (χ2v) is 11.4. The zero-order valence-corrected chi connectivity index (χ0v) is 23.1. The number of furan rings is 1. The van der Waals surface area contributed by atoms with Crippen LogP contribution in [0.15, 0.2) is 144 Å². The molecule has 0 radical (unpaired) electrons. The van der Waals surface area contributed by atoms with Crippen LogP contribution < -0.4 is 4.90 Å². The van der Waals surface area contributed by atoms with Crippen LogP contribution >= 0.6 is 0 Å². The van der Waals surface area contributed by atoms with Crippen molar-refractivity contribution in [2.24, 2.45) is 0 Å². The molecule has 0 saturated heterocycles. The summed E-state index contributed by atoms with van der Waals surface area (Å²) in [5.74, 6) is 0. The van der Waals surface area contributed by atoms with Gasteiger partial charge in [-0.05, 0) is 76.3 Å². The summed E-state index contributed by atoms with van der Waals surface area (Å²) < 4.78 is 6.65. The van der Waals surface area contributed by atoms with Gasteiger partial charge in [0.05, 0.1) is 0 Å². The molecule has 0 aliphatic heterocycles. The summed E-state index contributed by atoms with van der Waals surface area (Å²) in [4.78, 5) is 2.32. The van der Waals surface area contributed by atoms with E-state index >= 15 is 0 Å². The standard InChI is InChI=1S/C39H29NO/c1-39(2)35-16-10-9-15-31(35)32-22-23-33-34-25-30(21-24-36(34)41-38(33)37(32)39)40(28-13-7-4-8-14-28)29-19-17-27(18-20-29)26-11-5-3-6-12-26/h3-25H,1-2H3. The van der Waals surface area contributed by atoms with Crippen molar-refractivity contribution < 1.29 is 4.42 Å². The number of para-hydroxylation sites is 1. The number of benzene rings is 6. The first-order valence-corrected chi connectivity index (χ1v) is 14.2. The number of hydrogen-bond donors (Lipinski definition) is 0. The fraction of sp³-hybridized carbons (Fsp3) is 0.0769. The van der Waals surface area contributed by atoms with Gasteiger partial charge in [-0.3, -0.25) is 0 Å². The molecule has 0 fully saturated rings. The zero-order chi connectivity index (χ0) is 27.6. The lowest BCUT2D eigenvalue weighted by molar-refractivity contribution is 0.620. The second-order valence-electron chi connectivity index (χ2n) is 11.4. The summed E-state index contributed by atoms with van der Waals surface area (Å²) in [5, 5.41) is 2.29. The topological polar surface area (TPSA) is 16.4 Å². The van der Waals surface area contributed by atoms with Crippen molar-refractivity contribution in [3.8, 4) is 22.3 Å². The largest absolute Gasteiger partial charge is 0.456 e. The van der Waals surface area contributed by atoms with Crippen LogP contribution in [0, 0.1) is 0 Å². The molecule has 0 N–H and O–H groups in total. The highest BCUT2D eigenvalue weighted by Crippen LogP contribution is 2.52. The average Bonchev–Trinajstić information content (AvgIpc) is 3.50. The fourth-order valence-electron chi connectivity index (χ4n) is 6.67. The van der Waals surface area contributed by atoms with Crippen molar-refractivity contribution in [2.75, 3.05) is 4.90 Å². The highest BCUT2D eigenvalue weighted by atomic mass is 16.3. The van der Waals surface area contributed by atoms with Crippen LogP contribution in [0.5, 0.6) is 0 Å². The maximum Gasteiger partial charge on any atom is 0.140 e. The molecule has 6 aromatic carbocycles. The molecule has 0 amide bonds. The molecule has 0 unspecified atom stereocenters. The van der Waals surface area contributed by atoms with Gasteiger partial charge in [-0.25, -0.2) is 0 Å². The second kappa shape index (κ2) is 8.97. The van der Waals surface area contributed by atoms with Crippen molar-refractivity contribution in [3.05, 3.63) is 151 Å². The third-order valence-electron chi connectivity index (χ3n) is 8.64. The Balaban J connectivity index is 1.29. The van der Waals surface area contributed by atoms with Gasteiger partial charge >= 0.3 is 0 Å². The monoisotopic (exact) mass is 527 g/mol. The lowest BCUT2D eigenvalue weighted by atomic mass is 9.82. The van der Waals surface area contributed by atoms with E-state index in [1.807, 2.05) is 0 Å². The molecule has 0 spiro atoms. The van der Waals surface area contributed by atoms with Gasteiger partial charge in [0.1, 0.15) is 11.2 Å². The lowest BCUT2D eigenvalue weighted by Crippen LogP contribution is -2.15. The van der Waals surface area contributed by atoms with E-state index in [-0.39, 0.29) is 5.41 Å². The van der Waals surface area contributed by atoms with E-state index in [1.54, 1.807) is 0 Å². The van der Waals surface area contributed by atoms with Gasteiger partial charge < -0.3 is 9.32 Å². The van der Waals surface area contributed by atoms with Crippen LogP contribution in [0.1, 0.15) is 25.0 Å². The third kappa shape index (κ3) is 3.64. The Labute approximate surface area is 240 Å². The van der Waals surface area contributed by atoms with Crippen molar-refractivity contribution in [1.29, 1.82) is 0 Å². The first kappa shape index (κ1) is 23.8. The van der Waals surface area contributed by atoms with E-state index < -0.39 is 0 Å². The zero-order valence-electron chi connectivity index (χ0n) is 23.1. The molecule has 0 atom stereocenters. The molecular formula is C39H29NO. The minimum Gasteiger partial charge on any atom is -0.456 e. The predicted octanol–water partition coefficient (Wildman–Crippen LogP) is 11.0. The predicted molar refractivity (Wildman–Crippen MR) is 171 cm³/mol. The summed E-state index contributed by atoms with van der Waals surface area (Å²) in [5.41, 5.74) is 12.8. The third-order valence-corrected chi connectivity index (χ3v) is 8.64. The highest BCUT2D eigenvalue weighted by molar-refractivity contribution is 6.10. The van der Waals surface area contributed by atoms with Gasteiger partial charge in [0, 0.05) is 38.8 Å². The summed E-state index contributed by atoms with van der Waals surface area (Å²) in [6.45, 7) is 4.62. The molecule has 0 bridgehead atoms. The number of anilines is 3. The summed E-state index contributed by atoms with van der Waals surface area (Å²) in [6.07, 6.45) is 0. The summed E-state index contributed by atoms with van der Waals surface area (Å²) in [7, 11) is 0. The fourth-order valence-corrected chi connectivity index (χ4v) is 6.67. The Bertz CT molecular complexity index is 2050. The minimum absolute atomic E-state index is 0.126. The van der Waals surface area contributed by atoms with E-state index in [0.717, 1.165) is 39.0 Å². The van der Waals surface area contributed by atoms with Crippen molar-refractivity contribution in [3.63, 3.8) is 0 Å². The van der Waals surface area contributed by atoms with Crippen molar-refractivity contribution in [1.82, 2.24) is 0 Å². The van der Waals surface area contributed by atoms with Gasteiger partial charge in [-0.2, -0.15) is 0 Å². The molecule has 2 nitrogen and oxygen atoms in total.